The quantitative estimate of drug-likeness (QED) is 0.723. The number of benzene rings is 1. The second-order valence-electron chi connectivity index (χ2n) is 3.56. The summed E-state index contributed by atoms with van der Waals surface area (Å²) in [6.07, 6.45) is 1.71. The van der Waals surface area contributed by atoms with Crippen molar-refractivity contribution in [3.8, 4) is 0 Å². The molecule has 0 aromatic heterocycles. The second kappa shape index (κ2) is 6.57. The Morgan fingerprint density at radius 2 is 2.00 bits per heavy atom. The van der Waals surface area contributed by atoms with Gasteiger partial charge < -0.3 is 10.4 Å². The van der Waals surface area contributed by atoms with Gasteiger partial charge in [0.25, 0.3) is 0 Å². The molecule has 0 aliphatic carbocycles. The van der Waals surface area contributed by atoms with Crippen molar-refractivity contribution in [1.29, 1.82) is 0 Å². The zero-order valence-corrected chi connectivity index (χ0v) is 8.74. The van der Waals surface area contributed by atoms with Gasteiger partial charge in [0.05, 0.1) is 6.10 Å². The highest BCUT2D eigenvalue weighted by Gasteiger charge is 2.00. The molecule has 78 valence electrons. The Labute approximate surface area is 86.0 Å². The topological polar surface area (TPSA) is 32.3 Å². The fraction of sp³-hybridized carbons (Fsp3) is 0.500. The van der Waals surface area contributed by atoms with E-state index >= 15 is 0 Å². The van der Waals surface area contributed by atoms with Gasteiger partial charge in [-0.1, -0.05) is 43.7 Å². The van der Waals surface area contributed by atoms with Crippen LogP contribution in [0.25, 0.3) is 0 Å². The summed E-state index contributed by atoms with van der Waals surface area (Å²) in [7, 11) is 0. The first-order valence-electron chi connectivity index (χ1n) is 5.25. The molecule has 14 heavy (non-hydrogen) atoms. The third-order valence-corrected chi connectivity index (χ3v) is 2.17. The summed E-state index contributed by atoms with van der Waals surface area (Å²) < 4.78 is 0. The van der Waals surface area contributed by atoms with Gasteiger partial charge in [-0.25, -0.2) is 0 Å². The summed E-state index contributed by atoms with van der Waals surface area (Å²) >= 11 is 0. The third kappa shape index (κ3) is 4.40. The van der Waals surface area contributed by atoms with Crippen molar-refractivity contribution in [2.24, 2.45) is 0 Å². The van der Waals surface area contributed by atoms with E-state index in [0.717, 1.165) is 19.4 Å². The molecule has 0 saturated heterocycles. The Hall–Kier alpha value is -0.860. The Bertz CT molecular complexity index is 235. The lowest BCUT2D eigenvalue weighted by Gasteiger charge is -2.10. The number of rotatable bonds is 6. The summed E-state index contributed by atoms with van der Waals surface area (Å²) in [6.45, 7) is 3.60. The molecule has 0 aliphatic rings. The lowest BCUT2D eigenvalue weighted by Crippen LogP contribution is -2.26. The highest BCUT2D eigenvalue weighted by atomic mass is 16.3. The number of aliphatic hydroxyl groups is 1. The second-order valence-corrected chi connectivity index (χ2v) is 3.56. The van der Waals surface area contributed by atoms with E-state index in [-0.39, 0.29) is 6.10 Å². The van der Waals surface area contributed by atoms with Crippen LogP contribution in [0.5, 0.6) is 0 Å². The molecule has 0 radical (unpaired) electrons. The number of aliphatic hydroxyl groups excluding tert-OH is 1. The summed E-state index contributed by atoms with van der Waals surface area (Å²) in [4.78, 5) is 0. The maximum atomic E-state index is 9.46. The van der Waals surface area contributed by atoms with E-state index in [1.54, 1.807) is 0 Å². The van der Waals surface area contributed by atoms with Crippen LogP contribution in [0.4, 0.5) is 0 Å². The van der Waals surface area contributed by atoms with Crippen LogP contribution < -0.4 is 5.32 Å². The molecule has 0 saturated carbocycles. The molecule has 1 rings (SSSR count). The largest absolute Gasteiger partial charge is 0.392 e. The predicted octanol–water partition coefficient (Wildman–Crippen LogP) is 1.94. The molecular weight excluding hydrogens is 174 g/mol. The minimum absolute atomic E-state index is 0.205. The highest BCUT2D eigenvalue weighted by Crippen LogP contribution is 1.98. The lowest BCUT2D eigenvalue weighted by molar-refractivity contribution is 0.160. The van der Waals surface area contributed by atoms with Gasteiger partial charge >= 0.3 is 0 Å². The molecule has 1 unspecified atom stereocenters. The van der Waals surface area contributed by atoms with Gasteiger partial charge in [0, 0.05) is 13.1 Å². The van der Waals surface area contributed by atoms with Crippen molar-refractivity contribution in [3.63, 3.8) is 0 Å². The van der Waals surface area contributed by atoms with E-state index in [1.165, 1.54) is 5.56 Å². The molecule has 1 atom stereocenters. The molecule has 1 aromatic carbocycles. The van der Waals surface area contributed by atoms with Gasteiger partial charge in [0.2, 0.25) is 0 Å². The molecule has 0 amide bonds. The first-order valence-corrected chi connectivity index (χ1v) is 5.25. The summed E-state index contributed by atoms with van der Waals surface area (Å²) in [5.74, 6) is 0. The molecule has 0 aliphatic heterocycles. The number of hydrogen-bond acceptors (Lipinski definition) is 2. The van der Waals surface area contributed by atoms with E-state index in [4.69, 9.17) is 0 Å². The highest BCUT2D eigenvalue weighted by molar-refractivity contribution is 5.14. The fourth-order valence-corrected chi connectivity index (χ4v) is 1.41. The average Bonchev–Trinajstić information content (AvgIpc) is 2.20. The minimum Gasteiger partial charge on any atom is -0.392 e. The van der Waals surface area contributed by atoms with Crippen molar-refractivity contribution in [1.82, 2.24) is 5.32 Å². The van der Waals surface area contributed by atoms with Crippen LogP contribution in [0.1, 0.15) is 25.3 Å². The molecule has 0 spiro atoms. The van der Waals surface area contributed by atoms with E-state index in [9.17, 15) is 5.11 Å². The standard InChI is InChI=1S/C12H19NO/c1-2-6-12(14)10-13-9-11-7-4-3-5-8-11/h3-5,7-8,12-14H,2,6,9-10H2,1H3. The Balaban J connectivity index is 2.16. The van der Waals surface area contributed by atoms with Gasteiger partial charge in [-0.05, 0) is 12.0 Å². The first-order chi connectivity index (χ1) is 6.83. The third-order valence-electron chi connectivity index (χ3n) is 2.17. The van der Waals surface area contributed by atoms with E-state index in [0.29, 0.717) is 6.54 Å². The fourth-order valence-electron chi connectivity index (χ4n) is 1.41. The smallest absolute Gasteiger partial charge is 0.0664 e. The van der Waals surface area contributed by atoms with E-state index in [2.05, 4.69) is 24.4 Å². The van der Waals surface area contributed by atoms with Crippen LogP contribution in [0.15, 0.2) is 30.3 Å². The van der Waals surface area contributed by atoms with Crippen LogP contribution in [-0.2, 0) is 6.54 Å². The molecule has 0 heterocycles. The minimum atomic E-state index is -0.205. The van der Waals surface area contributed by atoms with Gasteiger partial charge in [-0.2, -0.15) is 0 Å². The summed E-state index contributed by atoms with van der Waals surface area (Å²) in [5, 5.41) is 12.7. The summed E-state index contributed by atoms with van der Waals surface area (Å²) in [5.41, 5.74) is 1.26. The number of hydrogen-bond donors (Lipinski definition) is 2. The Morgan fingerprint density at radius 1 is 1.29 bits per heavy atom. The van der Waals surface area contributed by atoms with Crippen LogP contribution >= 0.6 is 0 Å². The number of nitrogens with one attached hydrogen (secondary N) is 1. The van der Waals surface area contributed by atoms with Crippen LogP contribution in [0.3, 0.4) is 0 Å². The molecule has 0 bridgehead atoms. The van der Waals surface area contributed by atoms with Gasteiger partial charge in [0.15, 0.2) is 0 Å². The van der Waals surface area contributed by atoms with Gasteiger partial charge in [0.1, 0.15) is 0 Å². The maximum absolute atomic E-state index is 9.46. The molecule has 2 N–H and O–H groups in total. The lowest BCUT2D eigenvalue weighted by atomic mass is 10.2. The van der Waals surface area contributed by atoms with Crippen molar-refractivity contribution >= 4 is 0 Å². The first kappa shape index (κ1) is 11.2. The molecule has 2 nitrogen and oxygen atoms in total. The molecular formula is C12H19NO. The average molecular weight is 193 g/mol. The monoisotopic (exact) mass is 193 g/mol. The van der Waals surface area contributed by atoms with E-state index < -0.39 is 0 Å². The predicted molar refractivity (Wildman–Crippen MR) is 59.1 cm³/mol. The zero-order chi connectivity index (χ0) is 10.2. The normalized spacial score (nSPS) is 12.7. The van der Waals surface area contributed by atoms with Crippen LogP contribution in [0.2, 0.25) is 0 Å². The van der Waals surface area contributed by atoms with Crippen molar-refractivity contribution in [3.05, 3.63) is 35.9 Å². The molecule has 0 fully saturated rings. The van der Waals surface area contributed by atoms with Crippen molar-refractivity contribution in [2.75, 3.05) is 6.54 Å². The SMILES string of the molecule is CCCC(O)CNCc1ccccc1. The van der Waals surface area contributed by atoms with E-state index in [1.807, 2.05) is 18.2 Å². The molecule has 1 aromatic rings. The molecule has 2 heteroatoms. The maximum Gasteiger partial charge on any atom is 0.0664 e. The summed E-state index contributed by atoms with van der Waals surface area (Å²) in [6, 6.07) is 10.2. The van der Waals surface area contributed by atoms with Crippen molar-refractivity contribution < 1.29 is 5.11 Å². The van der Waals surface area contributed by atoms with Crippen LogP contribution in [0, 0.1) is 0 Å². The van der Waals surface area contributed by atoms with Gasteiger partial charge in [-0.3, -0.25) is 0 Å². The Kier molecular flexibility index (Phi) is 5.27. The van der Waals surface area contributed by atoms with Crippen molar-refractivity contribution in [2.45, 2.75) is 32.4 Å². The zero-order valence-electron chi connectivity index (χ0n) is 8.74. The van der Waals surface area contributed by atoms with Gasteiger partial charge in [-0.15, -0.1) is 0 Å². The Morgan fingerprint density at radius 3 is 2.64 bits per heavy atom. The van der Waals surface area contributed by atoms with Crippen LogP contribution in [-0.4, -0.2) is 17.8 Å².